The lowest BCUT2D eigenvalue weighted by Crippen LogP contribution is -2.39. The van der Waals surface area contributed by atoms with Gasteiger partial charge in [-0.1, -0.05) is 12.0 Å². The molecule has 0 aliphatic carbocycles. The minimum Gasteiger partial charge on any atom is -0.336 e. The van der Waals surface area contributed by atoms with E-state index in [1.807, 2.05) is 23.6 Å². The Morgan fingerprint density at radius 2 is 2.43 bits per heavy atom. The third kappa shape index (κ3) is 2.91. The summed E-state index contributed by atoms with van der Waals surface area (Å²) < 4.78 is 0. The molecule has 21 heavy (non-hydrogen) atoms. The largest absolute Gasteiger partial charge is 0.336 e. The van der Waals surface area contributed by atoms with E-state index in [1.165, 1.54) is 0 Å². The first-order chi connectivity index (χ1) is 10.3. The van der Waals surface area contributed by atoms with Crippen molar-refractivity contribution in [2.75, 3.05) is 16.8 Å². The van der Waals surface area contributed by atoms with E-state index in [0.717, 1.165) is 35.8 Å². The summed E-state index contributed by atoms with van der Waals surface area (Å²) in [5, 5.41) is 5.79. The highest BCUT2D eigenvalue weighted by molar-refractivity contribution is 7.13. The Kier molecular flexibility index (Phi) is 3.89. The zero-order chi connectivity index (χ0) is 14.7. The van der Waals surface area contributed by atoms with E-state index in [9.17, 15) is 4.79 Å². The summed E-state index contributed by atoms with van der Waals surface area (Å²) in [4.78, 5) is 18.9. The van der Waals surface area contributed by atoms with Gasteiger partial charge < -0.3 is 10.2 Å². The molecule has 1 aliphatic rings. The molecule has 2 heterocycles. The minimum atomic E-state index is -0.161. The number of aromatic nitrogens is 1. The van der Waals surface area contributed by atoms with Crippen LogP contribution in [0.1, 0.15) is 18.4 Å². The van der Waals surface area contributed by atoms with Crippen LogP contribution >= 0.6 is 11.3 Å². The van der Waals surface area contributed by atoms with E-state index in [2.05, 4.69) is 21.1 Å². The molecule has 1 amide bonds. The van der Waals surface area contributed by atoms with Gasteiger partial charge in [0.05, 0.1) is 0 Å². The summed E-state index contributed by atoms with van der Waals surface area (Å²) in [5.74, 6) is 2.57. The van der Waals surface area contributed by atoms with Crippen LogP contribution in [0, 0.1) is 12.3 Å². The number of amides is 1. The van der Waals surface area contributed by atoms with Gasteiger partial charge >= 0.3 is 0 Å². The molecule has 0 spiro atoms. The first-order valence-corrected chi connectivity index (χ1v) is 7.69. The van der Waals surface area contributed by atoms with E-state index >= 15 is 0 Å². The lowest BCUT2D eigenvalue weighted by atomic mass is 10.2. The summed E-state index contributed by atoms with van der Waals surface area (Å²) in [5.41, 5.74) is 1.50. The standard InChI is InChI=1S/C16H15N3OS/c1-2-12-5-3-6-13(11-12)18-15(20)14-7-4-9-19(14)16-17-8-10-21-16/h1,3,5-6,8,10-11,14H,4,7,9H2,(H,18,20)/t14-/m0/s1. The van der Waals surface area contributed by atoms with Crippen molar-refractivity contribution >= 4 is 28.1 Å². The Bertz CT molecular complexity index is 675. The monoisotopic (exact) mass is 297 g/mol. The van der Waals surface area contributed by atoms with Crippen molar-refractivity contribution in [3.8, 4) is 12.3 Å². The lowest BCUT2D eigenvalue weighted by molar-refractivity contribution is -0.117. The van der Waals surface area contributed by atoms with Crippen molar-refractivity contribution < 1.29 is 4.79 Å². The van der Waals surface area contributed by atoms with Crippen molar-refractivity contribution in [1.29, 1.82) is 0 Å². The topological polar surface area (TPSA) is 45.2 Å². The molecule has 2 aromatic rings. The van der Waals surface area contributed by atoms with Crippen molar-refractivity contribution in [3.63, 3.8) is 0 Å². The molecule has 0 bridgehead atoms. The van der Waals surface area contributed by atoms with E-state index in [-0.39, 0.29) is 11.9 Å². The maximum Gasteiger partial charge on any atom is 0.247 e. The number of hydrogen-bond donors (Lipinski definition) is 1. The van der Waals surface area contributed by atoms with Gasteiger partial charge in [0.2, 0.25) is 5.91 Å². The normalized spacial score (nSPS) is 17.5. The van der Waals surface area contributed by atoms with Crippen LogP contribution in [0.5, 0.6) is 0 Å². The number of terminal acetylenes is 1. The van der Waals surface area contributed by atoms with Crippen molar-refractivity contribution in [1.82, 2.24) is 4.98 Å². The molecule has 1 N–H and O–H groups in total. The first kappa shape index (κ1) is 13.7. The predicted octanol–water partition coefficient (Wildman–Crippen LogP) is 2.73. The van der Waals surface area contributed by atoms with Gasteiger partial charge in [-0.25, -0.2) is 4.98 Å². The molecule has 1 aromatic carbocycles. The van der Waals surface area contributed by atoms with Crippen LogP contribution in [0.2, 0.25) is 0 Å². The Morgan fingerprint density at radius 3 is 3.19 bits per heavy atom. The summed E-state index contributed by atoms with van der Waals surface area (Å²) in [6, 6.07) is 7.18. The minimum absolute atomic E-state index is 0.00290. The maximum atomic E-state index is 12.5. The van der Waals surface area contributed by atoms with Crippen molar-refractivity contribution in [2.45, 2.75) is 18.9 Å². The van der Waals surface area contributed by atoms with Gasteiger partial charge in [-0.15, -0.1) is 17.8 Å². The lowest BCUT2D eigenvalue weighted by Gasteiger charge is -2.23. The number of nitrogens with one attached hydrogen (secondary N) is 1. The van der Waals surface area contributed by atoms with Gasteiger partial charge in [0.15, 0.2) is 5.13 Å². The third-order valence-electron chi connectivity index (χ3n) is 3.52. The molecule has 1 aromatic heterocycles. The molecule has 3 rings (SSSR count). The second-order valence-corrected chi connectivity index (χ2v) is 5.75. The highest BCUT2D eigenvalue weighted by Crippen LogP contribution is 2.28. The molecule has 1 saturated heterocycles. The van der Waals surface area contributed by atoms with Crippen molar-refractivity contribution in [2.24, 2.45) is 0 Å². The number of anilines is 2. The SMILES string of the molecule is C#Cc1cccc(NC(=O)[C@@H]2CCCN2c2nccs2)c1. The number of carbonyl (C=O) groups excluding carboxylic acids is 1. The molecule has 106 valence electrons. The quantitative estimate of drug-likeness (QED) is 0.886. The highest BCUT2D eigenvalue weighted by Gasteiger charge is 2.32. The second-order valence-electron chi connectivity index (χ2n) is 4.88. The number of benzene rings is 1. The number of nitrogens with zero attached hydrogens (tertiary/aromatic N) is 2. The van der Waals surface area contributed by atoms with Crippen LogP contribution in [-0.2, 0) is 4.79 Å². The molecule has 1 aliphatic heterocycles. The summed E-state index contributed by atoms with van der Waals surface area (Å²) in [6.07, 6.45) is 9.00. The van der Waals surface area contributed by atoms with E-state index in [0.29, 0.717) is 0 Å². The van der Waals surface area contributed by atoms with Crippen LogP contribution < -0.4 is 10.2 Å². The third-order valence-corrected chi connectivity index (χ3v) is 4.33. The van der Waals surface area contributed by atoms with Gasteiger partial charge in [0.25, 0.3) is 0 Å². The number of carbonyl (C=O) groups is 1. The Morgan fingerprint density at radius 1 is 1.52 bits per heavy atom. The molecule has 1 atom stereocenters. The van der Waals surface area contributed by atoms with E-state index in [1.54, 1.807) is 23.6 Å². The molecule has 0 saturated carbocycles. The highest BCUT2D eigenvalue weighted by atomic mass is 32.1. The van der Waals surface area contributed by atoms with Gasteiger partial charge in [-0.3, -0.25) is 4.79 Å². The van der Waals surface area contributed by atoms with E-state index in [4.69, 9.17) is 6.42 Å². The molecular formula is C16H15N3OS. The number of thiazole rings is 1. The van der Waals surface area contributed by atoms with Crippen LogP contribution in [0.25, 0.3) is 0 Å². The molecule has 1 fully saturated rings. The summed E-state index contributed by atoms with van der Waals surface area (Å²) in [7, 11) is 0. The Hall–Kier alpha value is -2.32. The fourth-order valence-electron chi connectivity index (χ4n) is 2.54. The Balaban J connectivity index is 1.74. The van der Waals surface area contributed by atoms with Gasteiger partial charge in [0, 0.05) is 29.4 Å². The smallest absolute Gasteiger partial charge is 0.247 e. The predicted molar refractivity (Wildman–Crippen MR) is 85.5 cm³/mol. The molecule has 4 nitrogen and oxygen atoms in total. The summed E-state index contributed by atoms with van der Waals surface area (Å²) >= 11 is 1.56. The van der Waals surface area contributed by atoms with Gasteiger partial charge in [-0.2, -0.15) is 0 Å². The van der Waals surface area contributed by atoms with Crippen LogP contribution in [0.4, 0.5) is 10.8 Å². The number of rotatable bonds is 3. The number of hydrogen-bond acceptors (Lipinski definition) is 4. The summed E-state index contributed by atoms with van der Waals surface area (Å²) in [6.45, 7) is 0.871. The second kappa shape index (κ2) is 5.98. The molecule has 0 unspecified atom stereocenters. The van der Waals surface area contributed by atoms with E-state index < -0.39 is 0 Å². The van der Waals surface area contributed by atoms with Crippen molar-refractivity contribution in [3.05, 3.63) is 41.4 Å². The Labute approximate surface area is 127 Å². The van der Waals surface area contributed by atoms with Crippen LogP contribution in [0.15, 0.2) is 35.8 Å². The van der Waals surface area contributed by atoms with Gasteiger partial charge in [0.1, 0.15) is 6.04 Å². The molecule has 0 radical (unpaired) electrons. The zero-order valence-electron chi connectivity index (χ0n) is 11.5. The average Bonchev–Trinajstić information content (AvgIpc) is 3.18. The molecule has 5 heteroatoms. The fourth-order valence-corrected chi connectivity index (χ4v) is 3.26. The van der Waals surface area contributed by atoms with Gasteiger partial charge in [-0.05, 0) is 31.0 Å². The fraction of sp³-hybridized carbons (Fsp3) is 0.250. The maximum absolute atomic E-state index is 12.5. The van der Waals surface area contributed by atoms with Crippen LogP contribution in [0.3, 0.4) is 0 Å². The average molecular weight is 297 g/mol. The van der Waals surface area contributed by atoms with Crippen LogP contribution in [-0.4, -0.2) is 23.5 Å². The first-order valence-electron chi connectivity index (χ1n) is 6.81. The zero-order valence-corrected chi connectivity index (χ0v) is 12.3. The molecular weight excluding hydrogens is 282 g/mol.